The molecule has 1 aliphatic rings. The van der Waals surface area contributed by atoms with Crippen LogP contribution in [0.15, 0.2) is 59.0 Å². The number of hydrogen-bond donors (Lipinski definition) is 1. The third kappa shape index (κ3) is 4.72. The summed E-state index contributed by atoms with van der Waals surface area (Å²) < 4.78 is 37.1. The highest BCUT2D eigenvalue weighted by molar-refractivity contribution is 7.89. The van der Waals surface area contributed by atoms with E-state index in [4.69, 9.17) is 21.1 Å². The fraction of sp³-hybridized carbons (Fsp3) is 0.250. The van der Waals surface area contributed by atoms with Gasteiger partial charge in [0.15, 0.2) is 0 Å². The molecule has 9 heteroatoms. The van der Waals surface area contributed by atoms with Crippen LogP contribution in [0.5, 0.6) is 11.5 Å². The van der Waals surface area contributed by atoms with Gasteiger partial charge in [-0.2, -0.15) is 4.31 Å². The van der Waals surface area contributed by atoms with Crippen LogP contribution >= 0.6 is 11.6 Å². The smallest absolute Gasteiger partial charge is 0.251 e. The number of anilines is 1. The van der Waals surface area contributed by atoms with E-state index in [1.165, 1.54) is 30.7 Å². The van der Waals surface area contributed by atoms with Crippen LogP contribution in [0.1, 0.15) is 6.42 Å². The summed E-state index contributed by atoms with van der Waals surface area (Å²) in [5.74, 6) is 0.814. The van der Waals surface area contributed by atoms with Gasteiger partial charge in [-0.05, 0) is 48.9 Å². The van der Waals surface area contributed by atoms with Gasteiger partial charge < -0.3 is 14.8 Å². The van der Waals surface area contributed by atoms with Crippen LogP contribution in [0.2, 0.25) is 5.02 Å². The van der Waals surface area contributed by atoms with Gasteiger partial charge in [-0.3, -0.25) is 4.79 Å². The first-order valence-electron chi connectivity index (χ1n) is 8.83. The van der Waals surface area contributed by atoms with E-state index >= 15 is 0 Å². The Morgan fingerprint density at radius 2 is 1.83 bits per heavy atom. The van der Waals surface area contributed by atoms with Crippen molar-refractivity contribution in [1.82, 2.24) is 4.31 Å². The number of benzene rings is 2. The standard InChI is InChI=1S/C20H21ClN2O5S/c1-27-16-4-6-17(7-5-16)29(25,26)23-11-9-14(10-12-23)20(24)22-15-3-8-19(28-2)18(21)13-15/h3-9,13H,10-12H2,1-2H3,(H,22,24). The van der Waals surface area contributed by atoms with E-state index in [1.807, 2.05) is 0 Å². The van der Waals surface area contributed by atoms with E-state index in [2.05, 4.69) is 5.32 Å². The van der Waals surface area contributed by atoms with Gasteiger partial charge in [-0.25, -0.2) is 8.42 Å². The molecule has 29 heavy (non-hydrogen) atoms. The number of hydrogen-bond acceptors (Lipinski definition) is 5. The molecule has 0 radical (unpaired) electrons. The summed E-state index contributed by atoms with van der Waals surface area (Å²) in [6.07, 6.45) is 1.94. The maximum atomic E-state index is 12.8. The summed E-state index contributed by atoms with van der Waals surface area (Å²) in [6, 6.07) is 11.2. The number of carbonyl (C=O) groups excluding carboxylic acids is 1. The summed E-state index contributed by atoms with van der Waals surface area (Å²) in [5, 5.41) is 3.16. The normalized spacial score (nSPS) is 14.8. The molecule has 1 N–H and O–H groups in total. The maximum Gasteiger partial charge on any atom is 0.251 e. The monoisotopic (exact) mass is 436 g/mol. The lowest BCUT2D eigenvalue weighted by atomic mass is 10.1. The number of sulfonamides is 1. The van der Waals surface area contributed by atoms with Crippen molar-refractivity contribution in [3.63, 3.8) is 0 Å². The lowest BCUT2D eigenvalue weighted by molar-refractivity contribution is -0.113. The predicted molar refractivity (Wildman–Crippen MR) is 111 cm³/mol. The third-order valence-corrected chi connectivity index (χ3v) is 6.75. The van der Waals surface area contributed by atoms with Gasteiger partial charge in [0.2, 0.25) is 10.0 Å². The number of amides is 1. The van der Waals surface area contributed by atoms with Crippen LogP contribution < -0.4 is 14.8 Å². The van der Waals surface area contributed by atoms with Crippen molar-refractivity contribution in [3.05, 3.63) is 59.1 Å². The Morgan fingerprint density at radius 1 is 1.10 bits per heavy atom. The first kappa shape index (κ1) is 21.2. The highest BCUT2D eigenvalue weighted by Crippen LogP contribution is 2.28. The Labute approximate surface area is 174 Å². The molecule has 3 rings (SSSR count). The molecule has 2 aromatic carbocycles. The zero-order valence-corrected chi connectivity index (χ0v) is 17.6. The van der Waals surface area contributed by atoms with Gasteiger partial charge in [0.05, 0.1) is 24.1 Å². The number of ether oxygens (including phenoxy) is 2. The molecule has 2 aromatic rings. The first-order chi connectivity index (χ1) is 13.8. The van der Waals surface area contributed by atoms with Gasteiger partial charge in [0.25, 0.3) is 5.91 Å². The molecule has 154 valence electrons. The minimum absolute atomic E-state index is 0.125. The van der Waals surface area contributed by atoms with Crippen LogP contribution in [0.4, 0.5) is 5.69 Å². The molecule has 0 fully saturated rings. The fourth-order valence-corrected chi connectivity index (χ4v) is 4.57. The molecule has 0 saturated heterocycles. The second-order valence-corrected chi connectivity index (χ2v) is 8.67. The van der Waals surface area contributed by atoms with E-state index in [-0.39, 0.29) is 23.9 Å². The number of carbonyl (C=O) groups is 1. The van der Waals surface area contributed by atoms with Crippen molar-refractivity contribution in [3.8, 4) is 11.5 Å². The molecule has 1 aliphatic heterocycles. The predicted octanol–water partition coefficient (Wildman–Crippen LogP) is 3.32. The maximum absolute atomic E-state index is 12.8. The van der Waals surface area contributed by atoms with Crippen molar-refractivity contribution in [2.45, 2.75) is 11.3 Å². The fourth-order valence-electron chi connectivity index (χ4n) is 2.93. The molecule has 0 bridgehead atoms. The lowest BCUT2D eigenvalue weighted by Gasteiger charge is -2.25. The van der Waals surface area contributed by atoms with E-state index in [9.17, 15) is 13.2 Å². The highest BCUT2D eigenvalue weighted by Gasteiger charge is 2.27. The molecule has 1 heterocycles. The Bertz CT molecular complexity index is 1040. The van der Waals surface area contributed by atoms with E-state index in [1.54, 1.807) is 36.4 Å². The number of nitrogens with one attached hydrogen (secondary N) is 1. The summed E-state index contributed by atoms with van der Waals surface area (Å²) >= 11 is 6.07. The van der Waals surface area contributed by atoms with Gasteiger partial charge in [0.1, 0.15) is 11.5 Å². The van der Waals surface area contributed by atoms with Crippen LogP contribution in [0, 0.1) is 0 Å². The molecule has 0 spiro atoms. The largest absolute Gasteiger partial charge is 0.497 e. The molecule has 0 aromatic heterocycles. The highest BCUT2D eigenvalue weighted by atomic mass is 35.5. The molecule has 0 aliphatic carbocycles. The second-order valence-electron chi connectivity index (χ2n) is 6.32. The Morgan fingerprint density at radius 3 is 2.38 bits per heavy atom. The Hall–Kier alpha value is -2.55. The van der Waals surface area contributed by atoms with Crippen LogP contribution in [0.3, 0.4) is 0 Å². The average molecular weight is 437 g/mol. The van der Waals surface area contributed by atoms with Crippen LogP contribution in [0.25, 0.3) is 0 Å². The quantitative estimate of drug-likeness (QED) is 0.750. The second kappa shape index (κ2) is 8.86. The van der Waals surface area contributed by atoms with Crippen LogP contribution in [-0.4, -0.2) is 45.9 Å². The zero-order valence-electron chi connectivity index (χ0n) is 16.0. The van der Waals surface area contributed by atoms with Gasteiger partial charge in [0, 0.05) is 24.4 Å². The topological polar surface area (TPSA) is 84.9 Å². The Kier molecular flexibility index (Phi) is 6.46. The summed E-state index contributed by atoms with van der Waals surface area (Å²) in [5.41, 5.74) is 1.06. The SMILES string of the molecule is COc1ccc(S(=O)(=O)N2CC=C(C(=O)Nc3ccc(OC)c(Cl)c3)CC2)cc1. The minimum Gasteiger partial charge on any atom is -0.497 e. The minimum atomic E-state index is -3.64. The van der Waals surface area contributed by atoms with Gasteiger partial charge in [-0.1, -0.05) is 17.7 Å². The summed E-state index contributed by atoms with van der Waals surface area (Å²) in [4.78, 5) is 12.7. The number of halogens is 1. The van der Waals surface area contributed by atoms with Crippen molar-refractivity contribution < 1.29 is 22.7 Å². The third-order valence-electron chi connectivity index (χ3n) is 4.57. The average Bonchev–Trinajstić information content (AvgIpc) is 2.74. The molecular formula is C20H21ClN2O5S. The zero-order chi connectivity index (χ0) is 21.0. The molecule has 7 nitrogen and oxygen atoms in total. The first-order valence-corrected chi connectivity index (χ1v) is 10.6. The van der Waals surface area contributed by atoms with Gasteiger partial charge >= 0.3 is 0 Å². The number of nitrogens with zero attached hydrogens (tertiary/aromatic N) is 1. The van der Waals surface area contributed by atoms with E-state index in [0.717, 1.165) is 0 Å². The number of rotatable bonds is 6. The lowest BCUT2D eigenvalue weighted by Crippen LogP contribution is -2.36. The Balaban J connectivity index is 1.67. The summed E-state index contributed by atoms with van der Waals surface area (Å²) in [7, 11) is -0.607. The van der Waals surface area contributed by atoms with E-state index in [0.29, 0.717) is 34.2 Å². The van der Waals surface area contributed by atoms with Crippen molar-refractivity contribution in [2.24, 2.45) is 0 Å². The van der Waals surface area contributed by atoms with Gasteiger partial charge in [-0.15, -0.1) is 0 Å². The van der Waals surface area contributed by atoms with E-state index < -0.39 is 10.0 Å². The molecule has 1 amide bonds. The van der Waals surface area contributed by atoms with Crippen molar-refractivity contribution >= 4 is 33.2 Å². The van der Waals surface area contributed by atoms with Crippen LogP contribution in [-0.2, 0) is 14.8 Å². The summed E-state index contributed by atoms with van der Waals surface area (Å²) in [6.45, 7) is 0.345. The molecule has 0 saturated carbocycles. The molecule has 0 atom stereocenters. The molecule has 0 unspecified atom stereocenters. The molecular weight excluding hydrogens is 416 g/mol. The number of methoxy groups -OCH3 is 2. The van der Waals surface area contributed by atoms with Crippen molar-refractivity contribution in [2.75, 3.05) is 32.6 Å². The van der Waals surface area contributed by atoms with Crippen molar-refractivity contribution in [1.29, 1.82) is 0 Å².